The zero-order valence-corrected chi connectivity index (χ0v) is 21.7. The minimum Gasteiger partial charge on any atom is -0.353 e. The number of pyridine rings is 1. The van der Waals surface area contributed by atoms with Crippen LogP contribution in [0.25, 0.3) is 11.0 Å². The Balaban J connectivity index is 1.36. The number of halogens is 3. The van der Waals surface area contributed by atoms with Gasteiger partial charge in [-0.25, -0.2) is 18.6 Å². The highest BCUT2D eigenvalue weighted by Gasteiger charge is 2.29. The number of rotatable bonds is 5. The molecular formula is C26H27ClF2N4O3S. The lowest BCUT2D eigenvalue weighted by atomic mass is 9.90. The first-order valence-electron chi connectivity index (χ1n) is 12.4. The molecule has 3 heterocycles. The lowest BCUT2D eigenvalue weighted by Gasteiger charge is -2.31. The molecule has 1 aliphatic heterocycles. The summed E-state index contributed by atoms with van der Waals surface area (Å²) in [5.74, 6) is 0.387. The van der Waals surface area contributed by atoms with Crippen LogP contribution in [0.3, 0.4) is 0 Å². The number of fused-ring (bicyclic) bond motifs is 1. The van der Waals surface area contributed by atoms with Gasteiger partial charge in [0.1, 0.15) is 17.3 Å². The Kier molecular flexibility index (Phi) is 7.67. The number of amides is 1. The Bertz CT molecular complexity index is 1450. The van der Waals surface area contributed by atoms with E-state index in [1.807, 2.05) is 11.8 Å². The van der Waals surface area contributed by atoms with Gasteiger partial charge in [-0.05, 0) is 79.9 Å². The van der Waals surface area contributed by atoms with E-state index in [1.54, 1.807) is 4.57 Å². The summed E-state index contributed by atoms with van der Waals surface area (Å²) in [6.07, 6.45) is 4.59. The van der Waals surface area contributed by atoms with E-state index in [0.717, 1.165) is 36.6 Å². The van der Waals surface area contributed by atoms with Gasteiger partial charge < -0.3 is 5.32 Å². The number of nitrogens with zero attached hydrogens (tertiary/aromatic N) is 3. The highest BCUT2D eigenvalue weighted by Crippen LogP contribution is 2.30. The van der Waals surface area contributed by atoms with Crippen molar-refractivity contribution in [3.63, 3.8) is 0 Å². The first-order valence-corrected chi connectivity index (χ1v) is 14.0. The van der Waals surface area contributed by atoms with Crippen molar-refractivity contribution in [2.24, 2.45) is 0 Å². The quantitative estimate of drug-likeness (QED) is 0.511. The summed E-state index contributed by atoms with van der Waals surface area (Å²) >= 11 is 7.74. The van der Waals surface area contributed by atoms with Gasteiger partial charge in [0.2, 0.25) is 5.91 Å². The third-order valence-corrected chi connectivity index (χ3v) is 8.55. The third kappa shape index (κ3) is 5.45. The molecule has 0 atom stereocenters. The zero-order chi connectivity index (χ0) is 26.1. The van der Waals surface area contributed by atoms with E-state index in [1.165, 1.54) is 22.8 Å². The number of hydrogen-bond acceptors (Lipinski definition) is 5. The van der Waals surface area contributed by atoms with Gasteiger partial charge >= 0.3 is 5.69 Å². The second-order valence-electron chi connectivity index (χ2n) is 9.68. The van der Waals surface area contributed by atoms with Gasteiger partial charge in [-0.2, -0.15) is 11.8 Å². The molecule has 0 unspecified atom stereocenters. The number of hydrogen-bond donors (Lipinski definition) is 1. The third-order valence-electron chi connectivity index (χ3n) is 7.26. The number of nitrogens with one attached hydrogen (secondary N) is 1. The smallest absolute Gasteiger partial charge is 0.333 e. The van der Waals surface area contributed by atoms with Gasteiger partial charge in [-0.3, -0.25) is 18.7 Å². The maximum Gasteiger partial charge on any atom is 0.333 e. The molecule has 1 amide bonds. The van der Waals surface area contributed by atoms with Crippen LogP contribution in [0.1, 0.15) is 56.2 Å². The summed E-state index contributed by atoms with van der Waals surface area (Å²) in [6.45, 7) is 0. The molecule has 0 bridgehead atoms. The first kappa shape index (κ1) is 25.9. The molecule has 1 saturated heterocycles. The fraction of sp³-hybridized carbons (Fsp3) is 0.462. The molecule has 196 valence electrons. The summed E-state index contributed by atoms with van der Waals surface area (Å²) < 4.78 is 30.9. The van der Waals surface area contributed by atoms with E-state index in [4.69, 9.17) is 11.6 Å². The fourth-order valence-electron chi connectivity index (χ4n) is 5.41. The number of carbonyl (C=O) groups excluding carboxylic acids is 1. The molecule has 5 rings (SSSR count). The number of aromatic nitrogens is 3. The lowest BCUT2D eigenvalue weighted by Crippen LogP contribution is -2.46. The average Bonchev–Trinajstić information content (AvgIpc) is 2.88. The van der Waals surface area contributed by atoms with E-state index in [9.17, 15) is 23.2 Å². The van der Waals surface area contributed by atoms with Crippen molar-refractivity contribution in [2.75, 3.05) is 11.5 Å². The molecule has 0 radical (unpaired) electrons. The Morgan fingerprint density at radius 2 is 1.73 bits per heavy atom. The number of thioether (sulfide) groups is 1. The highest BCUT2D eigenvalue weighted by molar-refractivity contribution is 7.99. The van der Waals surface area contributed by atoms with Crippen LogP contribution in [0.5, 0.6) is 0 Å². The van der Waals surface area contributed by atoms with Crippen LogP contribution in [0.2, 0.25) is 5.02 Å². The summed E-state index contributed by atoms with van der Waals surface area (Å²) in [4.78, 5) is 43.7. The first-order chi connectivity index (χ1) is 17.8. The normalized spacial score (nSPS) is 20.7. The van der Waals surface area contributed by atoms with Crippen LogP contribution in [0.15, 0.2) is 40.1 Å². The molecule has 2 aliphatic rings. The van der Waals surface area contributed by atoms with E-state index < -0.39 is 22.9 Å². The molecule has 0 spiro atoms. The van der Waals surface area contributed by atoms with Crippen LogP contribution >= 0.6 is 23.4 Å². The Morgan fingerprint density at radius 3 is 2.46 bits per heavy atom. The average molecular weight is 549 g/mol. The Hall–Kier alpha value is -2.72. The summed E-state index contributed by atoms with van der Waals surface area (Å²) in [6, 6.07) is 4.65. The molecule has 1 N–H and O–H groups in total. The molecule has 7 nitrogen and oxygen atoms in total. The summed E-state index contributed by atoms with van der Waals surface area (Å²) in [5.41, 5.74) is -0.475. The number of benzene rings is 1. The summed E-state index contributed by atoms with van der Waals surface area (Å²) in [7, 11) is 0. The Morgan fingerprint density at radius 1 is 1.03 bits per heavy atom. The highest BCUT2D eigenvalue weighted by atomic mass is 35.5. The summed E-state index contributed by atoms with van der Waals surface area (Å²) in [5, 5.41) is 3.40. The standard InChI is InChI=1S/C26H27ClF2N4O3S/c27-16-1-6-22(29)15(11-16)12-23(34)31-18-2-4-19(5-3-18)33-25(35)21-13-17(28)14-30-24(21)32(26(33)36)20-7-9-37-10-8-20/h1,6,11,13-14,18-20H,2-5,7-10,12H2,(H,31,34). The lowest BCUT2D eigenvalue weighted by molar-refractivity contribution is -0.121. The van der Waals surface area contributed by atoms with Gasteiger partial charge in [0.25, 0.3) is 5.56 Å². The van der Waals surface area contributed by atoms with Crippen LogP contribution in [0.4, 0.5) is 8.78 Å². The van der Waals surface area contributed by atoms with Gasteiger partial charge in [0, 0.05) is 23.1 Å². The molecular weight excluding hydrogens is 522 g/mol. The molecule has 1 saturated carbocycles. The van der Waals surface area contributed by atoms with Crippen LogP contribution in [-0.2, 0) is 11.2 Å². The van der Waals surface area contributed by atoms with Gasteiger partial charge in [-0.1, -0.05) is 11.6 Å². The second kappa shape index (κ2) is 10.9. The van der Waals surface area contributed by atoms with Gasteiger partial charge in [0.15, 0.2) is 0 Å². The maximum atomic E-state index is 14.1. The molecule has 11 heteroatoms. The molecule has 1 aliphatic carbocycles. The van der Waals surface area contributed by atoms with Gasteiger partial charge in [0.05, 0.1) is 18.0 Å². The predicted molar refractivity (Wildman–Crippen MR) is 140 cm³/mol. The van der Waals surface area contributed by atoms with Gasteiger partial charge in [-0.15, -0.1) is 0 Å². The maximum absolute atomic E-state index is 14.1. The van der Waals surface area contributed by atoms with Crippen molar-refractivity contribution in [1.82, 2.24) is 19.4 Å². The van der Waals surface area contributed by atoms with Crippen molar-refractivity contribution in [2.45, 2.75) is 63.1 Å². The van der Waals surface area contributed by atoms with E-state index in [0.29, 0.717) is 30.7 Å². The van der Waals surface area contributed by atoms with Crippen molar-refractivity contribution in [1.29, 1.82) is 0 Å². The SMILES string of the molecule is O=C(Cc1cc(Cl)ccc1F)NC1CCC(n2c(=O)c3cc(F)cnc3n(C3CCSCC3)c2=O)CC1. The van der Waals surface area contributed by atoms with Crippen molar-refractivity contribution in [3.8, 4) is 0 Å². The largest absolute Gasteiger partial charge is 0.353 e. The van der Waals surface area contributed by atoms with Crippen LogP contribution in [-0.4, -0.2) is 37.6 Å². The zero-order valence-electron chi connectivity index (χ0n) is 20.1. The van der Waals surface area contributed by atoms with E-state index in [2.05, 4.69) is 10.3 Å². The molecule has 2 aromatic heterocycles. The molecule has 3 aromatic rings. The monoisotopic (exact) mass is 548 g/mol. The Labute approximate surface area is 221 Å². The molecule has 37 heavy (non-hydrogen) atoms. The van der Waals surface area contributed by atoms with Crippen LogP contribution in [0, 0.1) is 11.6 Å². The molecule has 1 aromatic carbocycles. The fourth-order valence-corrected chi connectivity index (χ4v) is 6.68. The number of carbonyl (C=O) groups is 1. The minimum atomic E-state index is -0.622. The van der Waals surface area contributed by atoms with Crippen molar-refractivity contribution < 1.29 is 13.6 Å². The van der Waals surface area contributed by atoms with E-state index >= 15 is 0 Å². The van der Waals surface area contributed by atoms with E-state index in [-0.39, 0.29) is 47.1 Å². The van der Waals surface area contributed by atoms with Crippen molar-refractivity contribution >= 4 is 40.3 Å². The predicted octanol–water partition coefficient (Wildman–Crippen LogP) is 4.40. The second-order valence-corrected chi connectivity index (χ2v) is 11.3. The van der Waals surface area contributed by atoms with Crippen molar-refractivity contribution in [3.05, 3.63) is 73.5 Å². The minimum absolute atomic E-state index is 0.0939. The molecule has 2 fully saturated rings. The van der Waals surface area contributed by atoms with Crippen LogP contribution < -0.4 is 16.6 Å². The topological polar surface area (TPSA) is 86.0 Å².